The Morgan fingerprint density at radius 1 is 0.363 bits per heavy atom. The number of aliphatic hydroxyl groups is 8. The fourth-order valence-corrected chi connectivity index (χ4v) is 12.0. The molecule has 12 atom stereocenters. The van der Waals surface area contributed by atoms with Crippen LogP contribution in [0.15, 0.2) is 170 Å². The SMILES string of the molecule is CC/C=C\C/C=C\C/C=C\C/C=C\C/C=C\C/C=C\C/C=C\C/C=C\C/C=C\C/C=C\C/C=C\CCCCCCCC(=O)NC(COC1OC(CO)C(OC2OC(CO)C(O)C(O)C2O)C(O)C1O)C(O)/C=C/CC/C=C/CC/C=C/CCCCCCCCCCCCCCCCCCCCC. The number of hydrogen-bond acceptors (Lipinski definition) is 13. The second-order valence-corrected chi connectivity index (χ2v) is 27.4. The average Bonchev–Trinajstić information content (AvgIpc) is 0.790. The van der Waals surface area contributed by atoms with Crippen molar-refractivity contribution in [3.05, 3.63) is 170 Å². The van der Waals surface area contributed by atoms with E-state index in [1.54, 1.807) is 6.08 Å². The lowest BCUT2D eigenvalue weighted by molar-refractivity contribution is -0.359. The largest absolute Gasteiger partial charge is 0.394 e. The van der Waals surface area contributed by atoms with E-state index in [2.05, 4.69) is 177 Å². The molecule has 9 N–H and O–H groups in total. The van der Waals surface area contributed by atoms with E-state index in [9.17, 15) is 45.6 Å². The molecule has 0 saturated carbocycles. The van der Waals surface area contributed by atoms with Gasteiger partial charge >= 0.3 is 0 Å². The maximum atomic E-state index is 13.4. The minimum Gasteiger partial charge on any atom is -0.394 e. The molecule has 2 rings (SSSR count). The molecule has 102 heavy (non-hydrogen) atoms. The molecule has 2 aliphatic heterocycles. The molecule has 0 aliphatic carbocycles. The third-order valence-corrected chi connectivity index (χ3v) is 18.4. The predicted molar refractivity (Wildman–Crippen MR) is 424 cm³/mol. The summed E-state index contributed by atoms with van der Waals surface area (Å²) in [4.78, 5) is 13.4. The molecule has 2 saturated heterocycles. The van der Waals surface area contributed by atoms with Gasteiger partial charge in [-0.3, -0.25) is 4.79 Å². The van der Waals surface area contributed by atoms with Crippen LogP contribution in [0.1, 0.15) is 284 Å². The summed E-state index contributed by atoms with van der Waals surface area (Å²) in [6.07, 6.45) is 91.4. The molecule has 2 aliphatic rings. The summed E-state index contributed by atoms with van der Waals surface area (Å²) >= 11 is 0. The number of unbranched alkanes of at least 4 members (excludes halogenated alkanes) is 26. The van der Waals surface area contributed by atoms with E-state index in [1.807, 2.05) is 6.08 Å². The van der Waals surface area contributed by atoms with Crippen molar-refractivity contribution in [3.63, 3.8) is 0 Å². The van der Waals surface area contributed by atoms with Crippen molar-refractivity contribution in [1.29, 1.82) is 0 Å². The zero-order valence-electron chi connectivity index (χ0n) is 63.5. The first-order valence-electron chi connectivity index (χ1n) is 40.4. The quantitative estimate of drug-likeness (QED) is 0.0204. The summed E-state index contributed by atoms with van der Waals surface area (Å²) in [5.74, 6) is -0.277. The van der Waals surface area contributed by atoms with Crippen LogP contribution in [0.3, 0.4) is 0 Å². The topological polar surface area (TPSA) is 228 Å². The Labute approximate surface area is 619 Å². The molecule has 0 aromatic heterocycles. The Bertz CT molecular complexity index is 2380. The number of rotatable bonds is 65. The van der Waals surface area contributed by atoms with Crippen LogP contribution in [0, 0.1) is 0 Å². The summed E-state index contributed by atoms with van der Waals surface area (Å²) in [5.41, 5.74) is 0. The molecular formula is C88H145NO13. The molecule has 0 aromatic carbocycles. The summed E-state index contributed by atoms with van der Waals surface area (Å²) in [6, 6.07) is -0.964. The number of amides is 1. The molecule has 2 heterocycles. The molecule has 14 nitrogen and oxygen atoms in total. The first-order valence-corrected chi connectivity index (χ1v) is 40.4. The van der Waals surface area contributed by atoms with Crippen LogP contribution >= 0.6 is 0 Å². The van der Waals surface area contributed by atoms with Gasteiger partial charge in [-0.15, -0.1) is 0 Å². The van der Waals surface area contributed by atoms with Crippen LogP contribution in [0.25, 0.3) is 0 Å². The van der Waals surface area contributed by atoms with Gasteiger partial charge < -0.3 is 65.1 Å². The second kappa shape index (κ2) is 69.4. The fraction of sp³-hybridized carbons (Fsp3) is 0.670. The third-order valence-electron chi connectivity index (χ3n) is 18.4. The lowest BCUT2D eigenvalue weighted by atomic mass is 9.97. The standard InChI is InChI=1S/C88H145NO13/c1-3-5-7-9-11-13-15-17-19-21-23-25-27-29-31-33-34-35-36-37-38-39-40-41-42-44-46-48-50-52-54-56-58-60-62-64-66-68-70-72-80(93)89-76(75-99-87-85(98)83(96)86(79(74-91)101-87)102-88-84(97)82(95)81(94)78(73-90)100-88)77(92)71-69-67-65-63-61-59-57-55-53-51-49-47-45-43-32-30-28-26-24-22-20-18-16-14-12-10-8-6-4-2/h5,7,11,13,17,19,23,25,29,31,34-35,37-38,40-41,44,46,50,52-53,55-56,58,61,63,69,71,76-79,81-88,90-92,94-98H,3-4,6,8-10,12,14-16,18,20-22,24,26-28,30,32-33,36,39,42-43,45,47-49,51,54,57,59-60,62,64-68,70,72-75H2,1-2H3,(H,89,93)/b7-5-,13-11-,19-17-,25-23-,31-29-,35-34-,38-37-,41-40-,46-44-,52-50-,55-53+,58-56-,63-61+,71-69+. The number of nitrogens with one attached hydrogen (secondary N) is 1. The molecular weight excluding hydrogens is 1280 g/mol. The maximum Gasteiger partial charge on any atom is 0.220 e. The number of aliphatic hydroxyl groups excluding tert-OH is 8. The first-order chi connectivity index (χ1) is 50.1. The Morgan fingerprint density at radius 2 is 0.686 bits per heavy atom. The van der Waals surface area contributed by atoms with Crippen molar-refractivity contribution in [1.82, 2.24) is 5.32 Å². The summed E-state index contributed by atoms with van der Waals surface area (Å²) in [5, 5.41) is 87.6. The average molecular weight is 1430 g/mol. The zero-order chi connectivity index (χ0) is 73.7. The van der Waals surface area contributed by atoms with Crippen molar-refractivity contribution < 1.29 is 64.6 Å². The van der Waals surface area contributed by atoms with Gasteiger partial charge in [-0.1, -0.05) is 319 Å². The Balaban J connectivity index is 1.67. The monoisotopic (exact) mass is 1420 g/mol. The smallest absolute Gasteiger partial charge is 0.220 e. The highest BCUT2D eigenvalue weighted by atomic mass is 16.7. The normalized spacial score (nSPS) is 22.6. The number of carbonyl (C=O) groups is 1. The number of hydrogen-bond donors (Lipinski definition) is 9. The predicted octanol–water partition coefficient (Wildman–Crippen LogP) is 18.7. The van der Waals surface area contributed by atoms with Gasteiger partial charge in [0.15, 0.2) is 12.6 Å². The van der Waals surface area contributed by atoms with Crippen LogP contribution in [0.5, 0.6) is 0 Å². The highest BCUT2D eigenvalue weighted by Crippen LogP contribution is 2.30. The Hall–Kier alpha value is -4.65. The van der Waals surface area contributed by atoms with E-state index in [1.165, 1.54) is 122 Å². The van der Waals surface area contributed by atoms with Gasteiger partial charge in [-0.25, -0.2) is 0 Å². The second-order valence-electron chi connectivity index (χ2n) is 27.4. The number of ether oxygens (including phenoxy) is 4. The van der Waals surface area contributed by atoms with Crippen molar-refractivity contribution in [2.75, 3.05) is 19.8 Å². The Kier molecular flexibility index (Phi) is 63.6. The van der Waals surface area contributed by atoms with Gasteiger partial charge in [-0.05, 0) is 128 Å². The van der Waals surface area contributed by atoms with Gasteiger partial charge in [0.1, 0.15) is 48.8 Å². The third kappa shape index (κ3) is 51.5. The highest BCUT2D eigenvalue weighted by molar-refractivity contribution is 5.76. The molecule has 0 spiro atoms. The number of allylic oxidation sites excluding steroid dienone is 27. The minimum absolute atomic E-state index is 0.236. The van der Waals surface area contributed by atoms with Crippen LogP contribution in [0.2, 0.25) is 0 Å². The minimum atomic E-state index is -1.80. The fourth-order valence-electron chi connectivity index (χ4n) is 12.0. The summed E-state index contributed by atoms with van der Waals surface area (Å²) in [6.45, 7) is 2.66. The van der Waals surface area contributed by atoms with Crippen molar-refractivity contribution in [3.8, 4) is 0 Å². The van der Waals surface area contributed by atoms with E-state index >= 15 is 0 Å². The van der Waals surface area contributed by atoms with Crippen molar-refractivity contribution in [2.45, 2.75) is 357 Å². The lowest BCUT2D eigenvalue weighted by Crippen LogP contribution is -2.65. The van der Waals surface area contributed by atoms with Gasteiger partial charge in [0.05, 0.1) is 32.0 Å². The highest BCUT2D eigenvalue weighted by Gasteiger charge is 2.51. The van der Waals surface area contributed by atoms with Crippen LogP contribution < -0.4 is 5.32 Å². The molecule has 0 radical (unpaired) electrons. The van der Waals surface area contributed by atoms with Crippen LogP contribution in [-0.2, 0) is 23.7 Å². The Morgan fingerprint density at radius 3 is 1.08 bits per heavy atom. The molecule has 2 fully saturated rings. The van der Waals surface area contributed by atoms with Gasteiger partial charge in [0, 0.05) is 6.42 Å². The molecule has 1 amide bonds. The van der Waals surface area contributed by atoms with Crippen LogP contribution in [0.4, 0.5) is 0 Å². The van der Waals surface area contributed by atoms with Gasteiger partial charge in [0.25, 0.3) is 0 Å². The van der Waals surface area contributed by atoms with E-state index in [4.69, 9.17) is 18.9 Å². The first kappa shape index (κ1) is 93.4. The van der Waals surface area contributed by atoms with Crippen molar-refractivity contribution >= 4 is 5.91 Å². The van der Waals surface area contributed by atoms with Crippen molar-refractivity contribution in [2.24, 2.45) is 0 Å². The van der Waals surface area contributed by atoms with Crippen LogP contribution in [-0.4, -0.2) is 140 Å². The van der Waals surface area contributed by atoms with E-state index in [0.717, 1.165) is 128 Å². The lowest BCUT2D eigenvalue weighted by Gasteiger charge is -2.46. The van der Waals surface area contributed by atoms with E-state index in [-0.39, 0.29) is 18.9 Å². The van der Waals surface area contributed by atoms with E-state index in [0.29, 0.717) is 12.8 Å². The molecule has 0 bridgehead atoms. The van der Waals surface area contributed by atoms with Gasteiger partial charge in [-0.2, -0.15) is 0 Å². The van der Waals surface area contributed by atoms with Gasteiger partial charge in [0.2, 0.25) is 5.91 Å². The molecule has 14 heteroatoms. The molecule has 0 aromatic rings. The maximum absolute atomic E-state index is 13.4. The molecule has 580 valence electrons. The summed E-state index contributed by atoms with van der Waals surface area (Å²) in [7, 11) is 0. The zero-order valence-corrected chi connectivity index (χ0v) is 63.5. The molecule has 12 unspecified atom stereocenters. The number of carbonyl (C=O) groups excluding carboxylic acids is 1. The summed E-state index contributed by atoms with van der Waals surface area (Å²) < 4.78 is 22.9. The van der Waals surface area contributed by atoms with E-state index < -0.39 is 86.8 Å².